The predicted molar refractivity (Wildman–Crippen MR) is 85.5 cm³/mol. The highest BCUT2D eigenvalue weighted by atomic mass is 79.9. The normalized spacial score (nSPS) is 11.1. The molecule has 2 nitrogen and oxygen atoms in total. The van der Waals surface area contributed by atoms with Gasteiger partial charge in [-0.1, -0.05) is 40.2 Å². The van der Waals surface area contributed by atoms with Crippen molar-refractivity contribution in [3.63, 3.8) is 0 Å². The van der Waals surface area contributed by atoms with Crippen molar-refractivity contribution in [3.8, 4) is 10.6 Å². The number of fused-ring (bicyclic) bond motifs is 1. The Morgan fingerprint density at radius 2 is 1.89 bits per heavy atom. The number of hydrogen-bond acceptors (Lipinski definition) is 3. The molecule has 0 bridgehead atoms. The molecule has 96 valence electrons. The summed E-state index contributed by atoms with van der Waals surface area (Å²) in [6, 6.07) is 14.7. The molecule has 2 aromatic carbocycles. The Bertz CT molecular complexity index is 704. The molecule has 19 heavy (non-hydrogen) atoms. The second kappa shape index (κ2) is 5.41. The number of nitrogens with two attached hydrogens (primary N) is 1. The topological polar surface area (TPSA) is 38.9 Å². The van der Waals surface area contributed by atoms with E-state index in [1.54, 1.807) is 11.3 Å². The second-order valence-corrected chi connectivity index (χ2v) is 6.31. The molecule has 0 atom stereocenters. The minimum atomic E-state index is 0.689. The fraction of sp³-hybridized carbons (Fsp3) is 0.133. The molecule has 0 saturated carbocycles. The van der Waals surface area contributed by atoms with Gasteiger partial charge in [0.05, 0.1) is 10.2 Å². The molecule has 0 saturated heterocycles. The van der Waals surface area contributed by atoms with Crippen molar-refractivity contribution in [1.29, 1.82) is 0 Å². The van der Waals surface area contributed by atoms with E-state index in [0.29, 0.717) is 6.54 Å². The Kier molecular flexibility index (Phi) is 3.64. The number of nitrogens with zero attached hydrogens (tertiary/aromatic N) is 1. The quantitative estimate of drug-likeness (QED) is 0.779. The maximum absolute atomic E-state index is 5.56. The summed E-state index contributed by atoms with van der Waals surface area (Å²) in [7, 11) is 0. The first-order valence-corrected chi connectivity index (χ1v) is 7.73. The van der Waals surface area contributed by atoms with E-state index in [1.165, 1.54) is 10.3 Å². The first kappa shape index (κ1) is 12.8. The third-order valence-corrected chi connectivity index (χ3v) is 4.54. The number of aromatic nitrogens is 1. The molecule has 0 fully saturated rings. The van der Waals surface area contributed by atoms with E-state index in [9.17, 15) is 0 Å². The maximum atomic E-state index is 5.56. The van der Waals surface area contributed by atoms with E-state index in [0.717, 1.165) is 27.0 Å². The molecular weight excluding hydrogens is 320 g/mol. The lowest BCUT2D eigenvalue weighted by Gasteiger charge is -2.00. The van der Waals surface area contributed by atoms with Crippen LogP contribution in [0.3, 0.4) is 0 Å². The van der Waals surface area contributed by atoms with Gasteiger partial charge in [-0.2, -0.15) is 0 Å². The van der Waals surface area contributed by atoms with Crippen molar-refractivity contribution < 1.29 is 0 Å². The fourth-order valence-corrected chi connectivity index (χ4v) is 3.53. The van der Waals surface area contributed by atoms with Crippen LogP contribution in [-0.4, -0.2) is 11.5 Å². The number of hydrogen-bond donors (Lipinski definition) is 1. The van der Waals surface area contributed by atoms with Gasteiger partial charge in [-0.15, -0.1) is 11.3 Å². The summed E-state index contributed by atoms with van der Waals surface area (Å²) in [5.41, 5.74) is 9.05. The molecule has 4 heteroatoms. The molecule has 0 radical (unpaired) electrons. The zero-order valence-corrected chi connectivity index (χ0v) is 12.7. The van der Waals surface area contributed by atoms with Crippen molar-refractivity contribution in [1.82, 2.24) is 4.98 Å². The molecule has 1 heterocycles. The van der Waals surface area contributed by atoms with Gasteiger partial charge in [-0.3, -0.25) is 0 Å². The van der Waals surface area contributed by atoms with Crippen LogP contribution < -0.4 is 5.73 Å². The molecule has 1 aromatic heterocycles. The van der Waals surface area contributed by atoms with Gasteiger partial charge in [0.15, 0.2) is 0 Å². The Morgan fingerprint density at radius 1 is 1.11 bits per heavy atom. The van der Waals surface area contributed by atoms with E-state index < -0.39 is 0 Å². The van der Waals surface area contributed by atoms with Crippen LogP contribution in [0.4, 0.5) is 0 Å². The summed E-state index contributed by atoms with van der Waals surface area (Å²) in [5.74, 6) is 0. The van der Waals surface area contributed by atoms with Crippen molar-refractivity contribution in [2.45, 2.75) is 6.42 Å². The van der Waals surface area contributed by atoms with Crippen LogP contribution in [0.5, 0.6) is 0 Å². The third kappa shape index (κ3) is 2.71. The highest BCUT2D eigenvalue weighted by molar-refractivity contribution is 9.10. The van der Waals surface area contributed by atoms with Crippen LogP contribution in [0.2, 0.25) is 0 Å². The zero-order chi connectivity index (χ0) is 13.2. The Balaban J connectivity index is 1.99. The van der Waals surface area contributed by atoms with Crippen molar-refractivity contribution >= 4 is 37.5 Å². The van der Waals surface area contributed by atoms with Crippen LogP contribution in [0, 0.1) is 0 Å². The third-order valence-electron chi connectivity index (χ3n) is 2.98. The maximum Gasteiger partial charge on any atom is 0.124 e. The summed E-state index contributed by atoms with van der Waals surface area (Å²) in [5, 5.41) is 1.06. The SMILES string of the molecule is NCCc1ccc(-c2nc3ccc(Br)cc3s2)cc1. The first-order valence-electron chi connectivity index (χ1n) is 6.12. The van der Waals surface area contributed by atoms with Crippen molar-refractivity contribution in [2.24, 2.45) is 5.73 Å². The number of halogens is 1. The molecule has 0 aliphatic carbocycles. The van der Waals surface area contributed by atoms with E-state index in [4.69, 9.17) is 5.73 Å². The average Bonchev–Trinajstić information content (AvgIpc) is 2.83. The molecule has 3 aromatic rings. The van der Waals surface area contributed by atoms with E-state index >= 15 is 0 Å². The molecule has 0 spiro atoms. The Morgan fingerprint density at radius 3 is 2.63 bits per heavy atom. The number of benzene rings is 2. The minimum Gasteiger partial charge on any atom is -0.330 e. The summed E-state index contributed by atoms with van der Waals surface area (Å²) in [6.07, 6.45) is 0.924. The van der Waals surface area contributed by atoms with Crippen LogP contribution in [0.15, 0.2) is 46.9 Å². The number of thiazole rings is 1. The van der Waals surface area contributed by atoms with Gasteiger partial charge in [0.25, 0.3) is 0 Å². The van der Waals surface area contributed by atoms with Gasteiger partial charge in [-0.25, -0.2) is 4.98 Å². The van der Waals surface area contributed by atoms with Crippen LogP contribution in [0.25, 0.3) is 20.8 Å². The summed E-state index contributed by atoms with van der Waals surface area (Å²) in [6.45, 7) is 0.689. The molecule has 0 aliphatic rings. The summed E-state index contributed by atoms with van der Waals surface area (Å²) in [4.78, 5) is 4.67. The molecular formula is C15H13BrN2S. The molecule has 0 unspecified atom stereocenters. The highest BCUT2D eigenvalue weighted by Gasteiger charge is 2.06. The molecule has 0 amide bonds. The fourth-order valence-electron chi connectivity index (χ4n) is 2.00. The lowest BCUT2D eigenvalue weighted by Crippen LogP contribution is -2.02. The van der Waals surface area contributed by atoms with E-state index in [2.05, 4.69) is 51.2 Å². The average molecular weight is 333 g/mol. The smallest absolute Gasteiger partial charge is 0.124 e. The van der Waals surface area contributed by atoms with Gasteiger partial charge >= 0.3 is 0 Å². The van der Waals surface area contributed by atoms with Crippen LogP contribution >= 0.6 is 27.3 Å². The molecule has 0 aliphatic heterocycles. The van der Waals surface area contributed by atoms with Gasteiger partial charge in [0.2, 0.25) is 0 Å². The van der Waals surface area contributed by atoms with Gasteiger partial charge in [0, 0.05) is 10.0 Å². The zero-order valence-electron chi connectivity index (χ0n) is 10.3. The molecule has 3 rings (SSSR count). The highest BCUT2D eigenvalue weighted by Crippen LogP contribution is 2.31. The minimum absolute atomic E-state index is 0.689. The second-order valence-electron chi connectivity index (χ2n) is 4.37. The Hall–Kier alpha value is -1.23. The van der Waals surface area contributed by atoms with Gasteiger partial charge < -0.3 is 5.73 Å². The van der Waals surface area contributed by atoms with E-state index in [1.807, 2.05) is 12.1 Å². The van der Waals surface area contributed by atoms with Crippen LogP contribution in [0.1, 0.15) is 5.56 Å². The van der Waals surface area contributed by atoms with Crippen LogP contribution in [-0.2, 0) is 6.42 Å². The lowest BCUT2D eigenvalue weighted by molar-refractivity contribution is 0.969. The van der Waals surface area contributed by atoms with Crippen molar-refractivity contribution in [3.05, 3.63) is 52.5 Å². The summed E-state index contributed by atoms with van der Waals surface area (Å²) < 4.78 is 2.30. The first-order chi connectivity index (χ1) is 9.26. The molecule has 2 N–H and O–H groups in total. The monoisotopic (exact) mass is 332 g/mol. The standard InChI is InChI=1S/C15H13BrN2S/c16-12-5-6-13-14(9-12)19-15(18-13)11-3-1-10(2-4-11)7-8-17/h1-6,9H,7-8,17H2. The largest absolute Gasteiger partial charge is 0.330 e. The predicted octanol–water partition coefficient (Wildman–Crippen LogP) is 4.23. The number of rotatable bonds is 3. The summed E-state index contributed by atoms with van der Waals surface area (Å²) >= 11 is 5.21. The van der Waals surface area contributed by atoms with Crippen molar-refractivity contribution in [2.75, 3.05) is 6.54 Å². The Labute approximate surface area is 124 Å². The van der Waals surface area contributed by atoms with Gasteiger partial charge in [-0.05, 0) is 36.7 Å². The van der Waals surface area contributed by atoms with Gasteiger partial charge in [0.1, 0.15) is 5.01 Å². The lowest BCUT2D eigenvalue weighted by atomic mass is 10.1. The van der Waals surface area contributed by atoms with E-state index in [-0.39, 0.29) is 0 Å².